The van der Waals surface area contributed by atoms with Crippen molar-refractivity contribution in [3.8, 4) is 0 Å². The highest BCUT2D eigenvalue weighted by atomic mass is 31.2. The molecule has 0 heterocycles. The first-order chi connectivity index (χ1) is 6.86. The van der Waals surface area contributed by atoms with Crippen LogP contribution in [0.3, 0.4) is 0 Å². The number of hydrogen-bond acceptors (Lipinski definition) is 3. The normalized spacial score (nSPS) is 12.6. The second-order valence-corrected chi connectivity index (χ2v) is 7.31. The third-order valence-electron chi connectivity index (χ3n) is 1.25. The van der Waals surface area contributed by atoms with Crippen LogP contribution in [0.2, 0.25) is 0 Å². The minimum Gasteiger partial charge on any atom is -0.324 e. The zero-order valence-corrected chi connectivity index (χ0v) is 11.6. The topological polar surface area (TPSA) is 124 Å². The van der Waals surface area contributed by atoms with Gasteiger partial charge >= 0.3 is 15.4 Å². The lowest BCUT2D eigenvalue weighted by molar-refractivity contribution is 0.177. The molecule has 9 heteroatoms. The minimum atomic E-state index is -4.22. The first kappa shape index (κ1) is 18.6. The predicted octanol–water partition coefficient (Wildman–Crippen LogP) is 1.32. The van der Waals surface area contributed by atoms with Crippen molar-refractivity contribution in [2.24, 2.45) is 5.92 Å². The maximum Gasteiger partial charge on any atom is 0.469 e. The van der Waals surface area contributed by atoms with Crippen LogP contribution in [-0.4, -0.2) is 31.8 Å². The van der Waals surface area contributed by atoms with Gasteiger partial charge in [0.1, 0.15) is 0 Å². The van der Waals surface area contributed by atoms with Gasteiger partial charge in [-0.2, -0.15) is 0 Å². The quantitative estimate of drug-likeness (QED) is 0.571. The van der Waals surface area contributed by atoms with E-state index < -0.39 is 21.1 Å². The van der Waals surface area contributed by atoms with Crippen LogP contribution in [0, 0.1) is 5.92 Å². The molecule has 0 aromatic carbocycles. The molecule has 0 aliphatic rings. The fraction of sp³-hybridized carbons (Fsp3) is 1.00. The van der Waals surface area contributed by atoms with E-state index in [0.29, 0.717) is 0 Å². The van der Waals surface area contributed by atoms with Crippen LogP contribution in [0.5, 0.6) is 0 Å². The summed E-state index contributed by atoms with van der Waals surface area (Å²) in [6, 6.07) is 0. The lowest BCUT2D eigenvalue weighted by atomic mass is 10.2. The molecule has 4 N–H and O–H groups in total. The van der Waals surface area contributed by atoms with Gasteiger partial charge in [0.05, 0.1) is 12.3 Å². The van der Waals surface area contributed by atoms with Crippen LogP contribution in [0.4, 0.5) is 0 Å². The highest BCUT2D eigenvalue weighted by molar-refractivity contribution is 7.52. The summed E-state index contributed by atoms with van der Waals surface area (Å²) in [6.45, 7) is 6.71. The Balaban J connectivity index is 0. The molecule has 0 fully saturated rings. The van der Waals surface area contributed by atoms with Crippen LogP contribution in [0.15, 0.2) is 0 Å². The van der Waals surface area contributed by atoms with Gasteiger partial charge in [0.2, 0.25) is 0 Å². The average Bonchev–Trinajstić information content (AvgIpc) is 1.99. The Morgan fingerprint density at radius 3 is 1.38 bits per heavy atom. The maximum atomic E-state index is 10.0. The summed E-state index contributed by atoms with van der Waals surface area (Å²) in [6.07, 6.45) is 0. The molecule has 0 aliphatic heterocycles. The fourth-order valence-electron chi connectivity index (χ4n) is 0.246. The van der Waals surface area contributed by atoms with Crippen LogP contribution >= 0.6 is 15.4 Å². The summed E-state index contributed by atoms with van der Waals surface area (Å²) in [7, 11) is -7.96. The van der Waals surface area contributed by atoms with E-state index in [1.807, 2.05) is 13.8 Å². The van der Waals surface area contributed by atoms with Gasteiger partial charge in [-0.25, -0.2) is 4.57 Å². The molecule has 100 valence electrons. The number of phosphoric ester groups is 1. The SMILES string of the molecule is CC(C)COP(=O)(O)O.CC(C)P(=O)(O)O. The second-order valence-electron chi connectivity index (χ2n) is 3.86. The van der Waals surface area contributed by atoms with Gasteiger partial charge in [-0.15, -0.1) is 0 Å². The Labute approximate surface area is 95.2 Å². The summed E-state index contributed by atoms with van der Waals surface area (Å²) in [5.74, 6) is 0.151. The minimum absolute atomic E-state index is 0.101. The van der Waals surface area contributed by atoms with Crippen molar-refractivity contribution in [1.82, 2.24) is 0 Å². The van der Waals surface area contributed by atoms with E-state index in [9.17, 15) is 9.13 Å². The number of phosphoric acid groups is 1. The highest BCUT2D eigenvalue weighted by Gasteiger charge is 2.17. The van der Waals surface area contributed by atoms with E-state index in [1.165, 1.54) is 13.8 Å². The van der Waals surface area contributed by atoms with Gasteiger partial charge in [-0.1, -0.05) is 27.7 Å². The summed E-state index contributed by atoms with van der Waals surface area (Å²) >= 11 is 0. The van der Waals surface area contributed by atoms with Crippen molar-refractivity contribution in [2.45, 2.75) is 33.4 Å². The molecule has 0 amide bonds. The Morgan fingerprint density at radius 2 is 1.31 bits per heavy atom. The molecular weight excluding hydrogens is 258 g/mol. The summed E-state index contributed by atoms with van der Waals surface area (Å²) in [4.78, 5) is 32.7. The molecule has 7 nitrogen and oxygen atoms in total. The monoisotopic (exact) mass is 278 g/mol. The Bertz CT molecular complexity index is 264. The zero-order valence-electron chi connectivity index (χ0n) is 9.77. The first-order valence-electron chi connectivity index (χ1n) is 4.61. The highest BCUT2D eigenvalue weighted by Crippen LogP contribution is 2.40. The number of rotatable bonds is 4. The molecule has 0 saturated carbocycles. The van der Waals surface area contributed by atoms with Gasteiger partial charge in [0.25, 0.3) is 0 Å². The fourth-order valence-corrected chi connectivity index (χ4v) is 0.739. The Hall–Kier alpha value is 0.260. The summed E-state index contributed by atoms with van der Waals surface area (Å²) in [5.41, 5.74) is -0.535. The Kier molecular flexibility index (Phi) is 8.80. The lowest BCUT2D eigenvalue weighted by Gasteiger charge is -2.06. The molecule has 0 rings (SSSR count). The molecule has 0 saturated heterocycles. The standard InChI is InChI=1S/C4H11O4P.C3H9O3P/c1-4(2)3-8-9(5,6)7;1-3(2)7(4,5)6/h4H,3H2,1-2H3,(H2,5,6,7);3H,1-2H3,(H2,4,5,6). The number of hydrogen-bond donors (Lipinski definition) is 4. The first-order valence-corrected chi connectivity index (χ1v) is 7.82. The smallest absolute Gasteiger partial charge is 0.324 e. The van der Waals surface area contributed by atoms with Crippen molar-refractivity contribution in [1.29, 1.82) is 0 Å². The van der Waals surface area contributed by atoms with Crippen LogP contribution in [0.25, 0.3) is 0 Å². The van der Waals surface area contributed by atoms with Crippen molar-refractivity contribution >= 4 is 15.4 Å². The third kappa shape index (κ3) is 16.7. The predicted molar refractivity (Wildman–Crippen MR) is 60.0 cm³/mol. The average molecular weight is 278 g/mol. The molecule has 0 aliphatic carbocycles. The van der Waals surface area contributed by atoms with Crippen molar-refractivity contribution in [2.75, 3.05) is 6.61 Å². The van der Waals surface area contributed by atoms with Gasteiger partial charge in [0, 0.05) is 0 Å². The molecule has 0 atom stereocenters. The van der Waals surface area contributed by atoms with Crippen molar-refractivity contribution in [3.63, 3.8) is 0 Å². The molecule has 0 unspecified atom stereocenters. The summed E-state index contributed by atoms with van der Waals surface area (Å²) in [5, 5.41) is 0. The van der Waals surface area contributed by atoms with E-state index >= 15 is 0 Å². The van der Waals surface area contributed by atoms with Gasteiger partial charge in [-0.3, -0.25) is 9.09 Å². The molecule has 0 radical (unpaired) electrons. The Morgan fingerprint density at radius 1 is 1.00 bits per heavy atom. The van der Waals surface area contributed by atoms with Crippen LogP contribution < -0.4 is 0 Å². The molecule has 0 aromatic rings. The van der Waals surface area contributed by atoms with E-state index in [4.69, 9.17) is 19.6 Å². The van der Waals surface area contributed by atoms with Gasteiger partial charge in [0.15, 0.2) is 0 Å². The zero-order chi connectivity index (χ0) is 13.6. The largest absolute Gasteiger partial charge is 0.469 e. The van der Waals surface area contributed by atoms with Crippen LogP contribution in [0.1, 0.15) is 27.7 Å². The molecule has 0 aromatic heterocycles. The van der Waals surface area contributed by atoms with E-state index in [0.717, 1.165) is 0 Å². The maximum absolute atomic E-state index is 10.0. The van der Waals surface area contributed by atoms with E-state index in [-0.39, 0.29) is 12.5 Å². The summed E-state index contributed by atoms with van der Waals surface area (Å²) < 4.78 is 24.2. The lowest BCUT2D eigenvalue weighted by Crippen LogP contribution is -1.99. The van der Waals surface area contributed by atoms with Crippen LogP contribution in [-0.2, 0) is 13.7 Å². The van der Waals surface area contributed by atoms with E-state index in [1.54, 1.807) is 0 Å². The van der Waals surface area contributed by atoms with Crippen molar-refractivity contribution in [3.05, 3.63) is 0 Å². The molecular formula is C7H20O7P2. The van der Waals surface area contributed by atoms with Gasteiger partial charge in [-0.05, 0) is 5.92 Å². The molecule has 0 spiro atoms. The second kappa shape index (κ2) is 7.56. The van der Waals surface area contributed by atoms with Gasteiger partial charge < -0.3 is 19.6 Å². The third-order valence-corrected chi connectivity index (χ3v) is 3.08. The van der Waals surface area contributed by atoms with E-state index in [2.05, 4.69) is 4.52 Å². The molecule has 0 bridgehead atoms. The molecule has 16 heavy (non-hydrogen) atoms. The van der Waals surface area contributed by atoms with Crippen molar-refractivity contribution < 1.29 is 33.2 Å².